The molecule has 0 aromatic carbocycles. The molecular weight excluding hydrogens is 645 g/mol. The number of rotatable bonds is 4. The second-order valence-corrected chi connectivity index (χ2v) is 21.7. The standard InChI is InChI=1S/C33H60O12Si2/c1-3-47(44-40-32(24-16-8-9-17-25-32)36-37-33(41-45-47)26-18-10-11-19-27-33)29-28-46(2)42-38-30(20-12-4-5-13-21-30)34-35-31(39-43-46)22-14-6-7-15-23-31/h3-29H2,1-2H3. The van der Waals surface area contributed by atoms with Gasteiger partial charge in [0.15, 0.2) is 0 Å². The smallest absolute Gasteiger partial charge is 0.246 e. The van der Waals surface area contributed by atoms with Crippen molar-refractivity contribution in [3.05, 3.63) is 0 Å². The van der Waals surface area contributed by atoms with E-state index in [-0.39, 0.29) is 0 Å². The Balaban J connectivity index is 1.24. The first-order valence-corrected chi connectivity index (χ1v) is 23.8. The van der Waals surface area contributed by atoms with Crippen LogP contribution in [0.2, 0.25) is 24.7 Å². The van der Waals surface area contributed by atoms with E-state index in [1.54, 1.807) is 0 Å². The zero-order valence-corrected chi connectivity index (χ0v) is 31.0. The Morgan fingerprint density at radius 2 is 0.638 bits per heavy atom. The molecule has 0 N–H and O–H groups in total. The van der Waals surface area contributed by atoms with Gasteiger partial charge in [0.1, 0.15) is 0 Å². The predicted octanol–water partition coefficient (Wildman–Crippen LogP) is 9.44. The van der Waals surface area contributed by atoms with E-state index in [0.717, 1.165) is 103 Å². The monoisotopic (exact) mass is 704 g/mol. The topological polar surface area (TPSA) is 111 Å². The van der Waals surface area contributed by atoms with Crippen LogP contribution in [0.5, 0.6) is 0 Å². The summed E-state index contributed by atoms with van der Waals surface area (Å²) in [6.07, 6.45) is 22.2. The van der Waals surface area contributed by atoms with Crippen LogP contribution in [0.25, 0.3) is 0 Å². The van der Waals surface area contributed by atoms with Crippen molar-refractivity contribution in [3.8, 4) is 0 Å². The minimum atomic E-state index is -3.21. The van der Waals surface area contributed by atoms with Gasteiger partial charge in [-0.1, -0.05) is 58.3 Å². The van der Waals surface area contributed by atoms with E-state index in [9.17, 15) is 0 Å². The van der Waals surface area contributed by atoms with Gasteiger partial charge >= 0.3 is 17.1 Å². The molecule has 272 valence electrons. The highest BCUT2D eigenvalue weighted by molar-refractivity contribution is 6.71. The summed E-state index contributed by atoms with van der Waals surface area (Å²) in [6, 6.07) is 1.49. The van der Waals surface area contributed by atoms with E-state index in [4.69, 9.17) is 57.4 Å². The molecule has 0 amide bonds. The lowest BCUT2D eigenvalue weighted by Gasteiger charge is -2.34. The second-order valence-electron chi connectivity index (χ2n) is 15.2. The van der Waals surface area contributed by atoms with Gasteiger partial charge in [0, 0.05) is 51.4 Å². The quantitative estimate of drug-likeness (QED) is 0.205. The molecule has 2 aliphatic heterocycles. The Bertz CT molecular complexity index is 876. The molecule has 47 heavy (non-hydrogen) atoms. The first kappa shape index (κ1) is 36.7. The third-order valence-electron chi connectivity index (χ3n) is 11.1. The van der Waals surface area contributed by atoms with Crippen molar-refractivity contribution in [1.82, 2.24) is 0 Å². The van der Waals surface area contributed by atoms with Gasteiger partial charge in [0.2, 0.25) is 23.1 Å². The summed E-state index contributed by atoms with van der Waals surface area (Å²) in [6.45, 7) is 4.02. The molecule has 2 heterocycles. The van der Waals surface area contributed by atoms with E-state index in [0.29, 0.717) is 69.5 Å². The third kappa shape index (κ3) is 9.64. The Labute approximate surface area is 283 Å². The normalized spacial score (nSPS) is 35.6. The van der Waals surface area contributed by atoms with E-state index < -0.39 is 40.3 Å². The van der Waals surface area contributed by atoms with Crippen LogP contribution < -0.4 is 0 Å². The maximum atomic E-state index is 6.45. The van der Waals surface area contributed by atoms with Crippen molar-refractivity contribution in [1.29, 1.82) is 0 Å². The summed E-state index contributed by atoms with van der Waals surface area (Å²) in [5.41, 5.74) is 0. The zero-order valence-electron chi connectivity index (χ0n) is 29.0. The molecule has 6 aliphatic rings. The highest BCUT2D eigenvalue weighted by Gasteiger charge is 2.55. The lowest BCUT2D eigenvalue weighted by atomic mass is 10.1. The van der Waals surface area contributed by atoms with Crippen molar-refractivity contribution < 1.29 is 57.4 Å². The van der Waals surface area contributed by atoms with Gasteiger partial charge in [-0.15, -0.1) is 0 Å². The number of hydrogen-bond acceptors (Lipinski definition) is 12. The maximum absolute atomic E-state index is 6.45. The summed E-state index contributed by atoms with van der Waals surface area (Å²) in [5, 5.41) is 0. The first-order chi connectivity index (χ1) is 22.8. The van der Waals surface area contributed by atoms with Crippen LogP contribution in [-0.2, 0) is 57.4 Å². The molecule has 0 unspecified atom stereocenters. The third-order valence-corrected chi connectivity index (χ3v) is 16.5. The average molecular weight is 705 g/mol. The van der Waals surface area contributed by atoms with Crippen LogP contribution in [-0.4, -0.2) is 40.3 Å². The Morgan fingerprint density at radius 1 is 0.362 bits per heavy atom. The molecule has 12 nitrogen and oxygen atoms in total. The highest BCUT2D eigenvalue weighted by atomic mass is 28.4. The number of hydrogen-bond donors (Lipinski definition) is 0. The van der Waals surface area contributed by atoms with Gasteiger partial charge in [-0.3, -0.25) is 0 Å². The van der Waals surface area contributed by atoms with Crippen LogP contribution in [0.1, 0.15) is 161 Å². The molecule has 2 saturated heterocycles. The predicted molar refractivity (Wildman–Crippen MR) is 172 cm³/mol. The molecule has 0 bridgehead atoms. The highest BCUT2D eigenvalue weighted by Crippen LogP contribution is 2.44. The van der Waals surface area contributed by atoms with Crippen molar-refractivity contribution in [2.45, 2.75) is 209 Å². The lowest BCUT2D eigenvalue weighted by molar-refractivity contribution is -0.551. The van der Waals surface area contributed by atoms with Gasteiger partial charge in [-0.25, -0.2) is 37.9 Å². The molecule has 4 spiro atoms. The lowest BCUT2D eigenvalue weighted by Crippen LogP contribution is -2.50. The largest absolute Gasteiger partial charge is 0.409 e. The molecule has 4 aliphatic carbocycles. The Morgan fingerprint density at radius 3 is 0.915 bits per heavy atom. The van der Waals surface area contributed by atoms with Crippen LogP contribution in [0.15, 0.2) is 0 Å². The molecule has 14 heteroatoms. The molecule has 0 aromatic heterocycles. The summed E-state index contributed by atoms with van der Waals surface area (Å²) < 4.78 is 25.6. The molecule has 6 rings (SSSR count). The summed E-state index contributed by atoms with van der Waals surface area (Å²) in [5.74, 6) is -4.04. The van der Waals surface area contributed by atoms with E-state index in [2.05, 4.69) is 6.92 Å². The molecule has 6 fully saturated rings. The van der Waals surface area contributed by atoms with Gasteiger partial charge in [0.25, 0.3) is 0 Å². The summed E-state index contributed by atoms with van der Waals surface area (Å²) in [7, 11) is -6.42. The fraction of sp³-hybridized carbons (Fsp3) is 1.00. The zero-order chi connectivity index (χ0) is 32.6. The van der Waals surface area contributed by atoms with Crippen molar-refractivity contribution in [2.24, 2.45) is 0 Å². The molecule has 0 aromatic rings. The first-order valence-electron chi connectivity index (χ1n) is 19.0. The summed E-state index contributed by atoms with van der Waals surface area (Å²) in [4.78, 5) is 50.1. The fourth-order valence-electron chi connectivity index (χ4n) is 7.63. The van der Waals surface area contributed by atoms with Gasteiger partial charge in [-0.2, -0.15) is 19.6 Å². The molecule has 0 radical (unpaired) electrons. The van der Waals surface area contributed by atoms with Crippen molar-refractivity contribution in [3.63, 3.8) is 0 Å². The molecular formula is C33H60O12Si2. The van der Waals surface area contributed by atoms with Crippen LogP contribution >= 0.6 is 0 Å². The van der Waals surface area contributed by atoms with Gasteiger partial charge < -0.3 is 0 Å². The second kappa shape index (κ2) is 16.5. The van der Waals surface area contributed by atoms with Gasteiger partial charge in [0.05, 0.1) is 0 Å². The van der Waals surface area contributed by atoms with Crippen molar-refractivity contribution >= 4 is 17.1 Å². The van der Waals surface area contributed by atoms with Crippen LogP contribution in [0.4, 0.5) is 0 Å². The van der Waals surface area contributed by atoms with Gasteiger partial charge in [-0.05, 0) is 76.0 Å². The average Bonchev–Trinajstić information content (AvgIpc) is 3.64. The van der Waals surface area contributed by atoms with Crippen molar-refractivity contribution in [2.75, 3.05) is 0 Å². The van der Waals surface area contributed by atoms with E-state index in [1.807, 2.05) is 6.55 Å². The fourth-order valence-corrected chi connectivity index (χ4v) is 13.2. The SMILES string of the molecule is CC[Si]1(CC[Si]2(C)OOC3(CCCCCC3)OOC3(CCCCCC3)OO2)OOC2(CCCCCC2)OOC2(CCCCCC2)OO1. The van der Waals surface area contributed by atoms with E-state index in [1.165, 1.54) is 0 Å². The minimum Gasteiger partial charge on any atom is -0.246 e. The Kier molecular flexibility index (Phi) is 12.9. The molecule has 4 saturated carbocycles. The maximum Gasteiger partial charge on any atom is 0.409 e. The van der Waals surface area contributed by atoms with Crippen LogP contribution in [0, 0.1) is 0 Å². The minimum absolute atomic E-state index is 0.452. The summed E-state index contributed by atoms with van der Waals surface area (Å²) >= 11 is 0. The van der Waals surface area contributed by atoms with Crippen LogP contribution in [0.3, 0.4) is 0 Å². The van der Waals surface area contributed by atoms with E-state index >= 15 is 0 Å². The molecule has 0 atom stereocenters. The Hall–Kier alpha value is -0.0462.